The summed E-state index contributed by atoms with van der Waals surface area (Å²) in [6.45, 7) is 5.24. The molecule has 6 heteroatoms. The first kappa shape index (κ1) is 14.3. The van der Waals surface area contributed by atoms with Gasteiger partial charge in [-0.1, -0.05) is 19.9 Å². The lowest BCUT2D eigenvalue weighted by molar-refractivity contribution is -0.121. The van der Waals surface area contributed by atoms with Crippen LogP contribution in [0.25, 0.3) is 0 Å². The zero-order chi connectivity index (χ0) is 14.5. The van der Waals surface area contributed by atoms with Gasteiger partial charge in [0.15, 0.2) is 0 Å². The van der Waals surface area contributed by atoms with Crippen molar-refractivity contribution in [3.63, 3.8) is 0 Å². The molecule has 1 aliphatic heterocycles. The number of hydrogen-bond donors (Lipinski definition) is 0. The van der Waals surface area contributed by atoms with Gasteiger partial charge in [0.05, 0.1) is 6.61 Å². The van der Waals surface area contributed by atoms with Gasteiger partial charge in [0, 0.05) is 19.3 Å². The Balaban J connectivity index is 1.92. The monoisotopic (exact) mass is 277 g/mol. The van der Waals surface area contributed by atoms with Crippen molar-refractivity contribution in [2.45, 2.75) is 13.8 Å². The van der Waals surface area contributed by atoms with Crippen LogP contribution in [0.5, 0.6) is 0 Å². The standard InChI is InChI=1S/C14H19N3O3/c1-11(2)10-20-14(19)16-7-8-17(13(18)9-16)12-5-3-4-6-15-12/h3-6,11H,7-10H2,1-2H3. The number of hydrogen-bond acceptors (Lipinski definition) is 4. The van der Waals surface area contributed by atoms with Crippen molar-refractivity contribution >= 4 is 17.8 Å². The number of rotatable bonds is 3. The van der Waals surface area contributed by atoms with Crippen molar-refractivity contribution < 1.29 is 14.3 Å². The molecule has 0 atom stereocenters. The number of piperazine rings is 1. The lowest BCUT2D eigenvalue weighted by Gasteiger charge is -2.33. The third-order valence-corrected chi connectivity index (χ3v) is 2.94. The lowest BCUT2D eigenvalue weighted by atomic mass is 10.2. The van der Waals surface area contributed by atoms with E-state index in [0.29, 0.717) is 25.5 Å². The first-order chi connectivity index (χ1) is 9.58. The maximum absolute atomic E-state index is 12.1. The normalized spacial score (nSPS) is 15.7. The number of amides is 2. The summed E-state index contributed by atoms with van der Waals surface area (Å²) in [5, 5.41) is 0. The highest BCUT2D eigenvalue weighted by atomic mass is 16.6. The van der Waals surface area contributed by atoms with Gasteiger partial charge < -0.3 is 4.74 Å². The molecule has 108 valence electrons. The van der Waals surface area contributed by atoms with Crippen molar-refractivity contribution in [3.8, 4) is 0 Å². The third kappa shape index (κ3) is 3.46. The summed E-state index contributed by atoms with van der Waals surface area (Å²) in [5.41, 5.74) is 0. The molecule has 1 aliphatic rings. The molecule has 0 saturated carbocycles. The van der Waals surface area contributed by atoms with Gasteiger partial charge >= 0.3 is 6.09 Å². The van der Waals surface area contributed by atoms with E-state index in [9.17, 15) is 9.59 Å². The van der Waals surface area contributed by atoms with Crippen molar-refractivity contribution in [1.29, 1.82) is 0 Å². The van der Waals surface area contributed by atoms with E-state index in [4.69, 9.17) is 4.74 Å². The molecule has 20 heavy (non-hydrogen) atoms. The van der Waals surface area contributed by atoms with Crippen LogP contribution >= 0.6 is 0 Å². The van der Waals surface area contributed by atoms with Gasteiger partial charge in [-0.25, -0.2) is 9.78 Å². The number of aromatic nitrogens is 1. The van der Waals surface area contributed by atoms with Crippen molar-refractivity contribution in [2.24, 2.45) is 5.92 Å². The number of nitrogens with zero attached hydrogens (tertiary/aromatic N) is 3. The SMILES string of the molecule is CC(C)COC(=O)N1CCN(c2ccccn2)C(=O)C1. The van der Waals surface area contributed by atoms with Crippen molar-refractivity contribution in [3.05, 3.63) is 24.4 Å². The molecule has 1 aromatic rings. The molecule has 0 spiro atoms. The molecule has 0 aliphatic carbocycles. The summed E-state index contributed by atoms with van der Waals surface area (Å²) in [7, 11) is 0. The number of carbonyl (C=O) groups is 2. The molecule has 0 unspecified atom stereocenters. The van der Waals surface area contributed by atoms with Gasteiger partial charge in [-0.15, -0.1) is 0 Å². The molecule has 1 aromatic heterocycles. The molecule has 2 rings (SSSR count). The smallest absolute Gasteiger partial charge is 0.410 e. The predicted molar refractivity (Wildman–Crippen MR) is 74.3 cm³/mol. The van der Waals surface area contributed by atoms with Gasteiger partial charge in [0.25, 0.3) is 0 Å². The quantitative estimate of drug-likeness (QED) is 0.840. The fourth-order valence-electron chi connectivity index (χ4n) is 1.91. The largest absolute Gasteiger partial charge is 0.449 e. The van der Waals surface area contributed by atoms with Crippen LogP contribution in [0, 0.1) is 5.92 Å². The topological polar surface area (TPSA) is 62.7 Å². The van der Waals surface area contributed by atoms with E-state index >= 15 is 0 Å². The van der Waals surface area contributed by atoms with E-state index < -0.39 is 6.09 Å². The summed E-state index contributed by atoms with van der Waals surface area (Å²) in [5.74, 6) is 0.758. The van der Waals surface area contributed by atoms with Crippen LogP contribution in [0.15, 0.2) is 24.4 Å². The molecule has 0 bridgehead atoms. The number of ether oxygens (including phenoxy) is 1. The Hall–Kier alpha value is -2.11. The van der Waals surface area contributed by atoms with E-state index in [-0.39, 0.29) is 18.4 Å². The summed E-state index contributed by atoms with van der Waals surface area (Å²) >= 11 is 0. The maximum atomic E-state index is 12.1. The Labute approximate surface area is 118 Å². The number of anilines is 1. The van der Waals surface area contributed by atoms with Crippen LogP contribution in [-0.4, -0.2) is 48.1 Å². The van der Waals surface area contributed by atoms with Crippen LogP contribution in [0.2, 0.25) is 0 Å². The Bertz CT molecular complexity index is 476. The minimum Gasteiger partial charge on any atom is -0.449 e. The molecule has 1 saturated heterocycles. The van der Waals surface area contributed by atoms with Gasteiger partial charge in [-0.05, 0) is 18.1 Å². The average Bonchev–Trinajstić information content (AvgIpc) is 2.45. The van der Waals surface area contributed by atoms with Crippen LogP contribution < -0.4 is 4.90 Å². The predicted octanol–water partition coefficient (Wildman–Crippen LogP) is 1.52. The van der Waals surface area contributed by atoms with Crippen molar-refractivity contribution in [2.75, 3.05) is 31.1 Å². The fraction of sp³-hybridized carbons (Fsp3) is 0.500. The molecule has 0 N–H and O–H groups in total. The minimum atomic E-state index is -0.423. The molecular weight excluding hydrogens is 258 g/mol. The van der Waals surface area contributed by atoms with Crippen LogP contribution in [0.3, 0.4) is 0 Å². The highest BCUT2D eigenvalue weighted by molar-refractivity contribution is 5.96. The number of carbonyl (C=O) groups excluding carboxylic acids is 2. The van der Waals surface area contributed by atoms with Gasteiger partial charge in [-0.2, -0.15) is 0 Å². The minimum absolute atomic E-state index is 0.0352. The van der Waals surface area contributed by atoms with E-state index in [1.165, 1.54) is 4.90 Å². The third-order valence-electron chi connectivity index (χ3n) is 2.94. The first-order valence-electron chi connectivity index (χ1n) is 6.71. The molecule has 1 fully saturated rings. The Morgan fingerprint density at radius 3 is 2.80 bits per heavy atom. The Morgan fingerprint density at radius 2 is 2.20 bits per heavy atom. The summed E-state index contributed by atoms with van der Waals surface area (Å²) < 4.78 is 5.13. The summed E-state index contributed by atoms with van der Waals surface area (Å²) in [4.78, 5) is 31.1. The second kappa shape index (κ2) is 6.36. The second-order valence-corrected chi connectivity index (χ2v) is 5.13. The number of pyridine rings is 1. The zero-order valence-electron chi connectivity index (χ0n) is 11.8. The fourth-order valence-corrected chi connectivity index (χ4v) is 1.91. The molecule has 6 nitrogen and oxygen atoms in total. The van der Waals surface area contributed by atoms with E-state index in [1.807, 2.05) is 19.9 Å². The Kier molecular flexibility index (Phi) is 4.55. The van der Waals surface area contributed by atoms with Crippen LogP contribution in [-0.2, 0) is 9.53 Å². The van der Waals surface area contributed by atoms with Gasteiger partial charge in [0.2, 0.25) is 5.91 Å². The Morgan fingerprint density at radius 1 is 1.40 bits per heavy atom. The van der Waals surface area contributed by atoms with Gasteiger partial charge in [0.1, 0.15) is 12.4 Å². The van der Waals surface area contributed by atoms with Crippen molar-refractivity contribution in [1.82, 2.24) is 9.88 Å². The highest BCUT2D eigenvalue weighted by Gasteiger charge is 2.29. The van der Waals surface area contributed by atoms with Crippen LogP contribution in [0.4, 0.5) is 10.6 Å². The first-order valence-corrected chi connectivity index (χ1v) is 6.71. The van der Waals surface area contributed by atoms with Gasteiger partial charge in [-0.3, -0.25) is 14.6 Å². The highest BCUT2D eigenvalue weighted by Crippen LogP contribution is 2.14. The summed E-state index contributed by atoms with van der Waals surface area (Å²) in [6, 6.07) is 5.41. The van der Waals surface area contributed by atoms with E-state index in [0.717, 1.165) is 0 Å². The van der Waals surface area contributed by atoms with E-state index in [2.05, 4.69) is 4.98 Å². The zero-order valence-corrected chi connectivity index (χ0v) is 11.8. The lowest BCUT2D eigenvalue weighted by Crippen LogP contribution is -2.52. The van der Waals surface area contributed by atoms with E-state index in [1.54, 1.807) is 23.2 Å². The summed E-state index contributed by atoms with van der Waals surface area (Å²) in [6.07, 6.45) is 1.22. The average molecular weight is 277 g/mol. The maximum Gasteiger partial charge on any atom is 0.410 e. The molecule has 0 radical (unpaired) electrons. The molecule has 0 aromatic carbocycles. The molecular formula is C14H19N3O3. The second-order valence-electron chi connectivity index (χ2n) is 5.13. The molecule has 2 heterocycles. The van der Waals surface area contributed by atoms with Crippen LogP contribution in [0.1, 0.15) is 13.8 Å². The molecule has 2 amide bonds.